The van der Waals surface area contributed by atoms with E-state index in [2.05, 4.69) is 0 Å². The first-order valence-corrected chi connectivity index (χ1v) is 9.39. The van der Waals surface area contributed by atoms with Crippen LogP contribution in [0.1, 0.15) is 25.0 Å². The largest absolute Gasteiger partial charge is 0.744 e. The minimum atomic E-state index is -4.51. The number of anilines is 1. The fraction of sp³-hybridized carbons (Fsp3) is 0.263. The van der Waals surface area contributed by atoms with Crippen molar-refractivity contribution in [2.75, 3.05) is 11.9 Å². The standard InChI is InChI=1S/C19H19NO4S/c1-18(2)15-12-14(25(21,22)23)8-9-16(15)20(3)19(18)11-10-13-6-4-5-7-17(13)24-19/h4-12H,1-3H3,(H,21,22,23)/p-1. The molecule has 2 aromatic carbocycles. The third-order valence-corrected chi connectivity index (χ3v) is 6.19. The highest BCUT2D eigenvalue weighted by Gasteiger charge is 2.57. The van der Waals surface area contributed by atoms with Crippen molar-refractivity contribution in [3.8, 4) is 5.75 Å². The molecule has 0 aliphatic carbocycles. The van der Waals surface area contributed by atoms with Crippen LogP contribution in [0.2, 0.25) is 0 Å². The van der Waals surface area contributed by atoms with Crippen molar-refractivity contribution >= 4 is 21.9 Å². The van der Waals surface area contributed by atoms with E-state index in [-0.39, 0.29) is 4.90 Å². The fourth-order valence-electron chi connectivity index (χ4n) is 3.89. The first kappa shape index (κ1) is 16.2. The van der Waals surface area contributed by atoms with Gasteiger partial charge in [0, 0.05) is 18.3 Å². The number of rotatable bonds is 1. The van der Waals surface area contributed by atoms with Gasteiger partial charge in [0.1, 0.15) is 15.9 Å². The van der Waals surface area contributed by atoms with E-state index in [0.717, 1.165) is 22.6 Å². The van der Waals surface area contributed by atoms with Crippen molar-refractivity contribution in [3.05, 3.63) is 59.7 Å². The number of ether oxygens (including phenoxy) is 1. The lowest BCUT2D eigenvalue weighted by Crippen LogP contribution is -2.58. The number of nitrogens with zero attached hydrogens (tertiary/aromatic N) is 1. The van der Waals surface area contributed by atoms with Crippen LogP contribution in [0.4, 0.5) is 5.69 Å². The van der Waals surface area contributed by atoms with E-state index in [9.17, 15) is 13.0 Å². The topological polar surface area (TPSA) is 69.7 Å². The molecule has 0 N–H and O–H groups in total. The van der Waals surface area contributed by atoms with Gasteiger partial charge in [-0.15, -0.1) is 0 Å². The molecular weight excluding hydrogens is 338 g/mol. The molecular formula is C19H18NO4S-. The first-order valence-electron chi connectivity index (χ1n) is 7.98. The molecule has 0 radical (unpaired) electrons. The fourth-order valence-corrected chi connectivity index (χ4v) is 4.38. The van der Waals surface area contributed by atoms with Crippen LogP contribution >= 0.6 is 0 Å². The monoisotopic (exact) mass is 356 g/mol. The molecule has 6 heteroatoms. The molecule has 25 heavy (non-hydrogen) atoms. The average Bonchev–Trinajstić information content (AvgIpc) is 2.73. The molecule has 0 saturated heterocycles. The third-order valence-electron chi connectivity index (χ3n) is 5.36. The highest BCUT2D eigenvalue weighted by molar-refractivity contribution is 7.85. The zero-order chi connectivity index (χ0) is 18.0. The number of benzene rings is 2. The Morgan fingerprint density at radius 3 is 2.56 bits per heavy atom. The molecule has 2 aliphatic rings. The van der Waals surface area contributed by atoms with Crippen LogP contribution in [0.3, 0.4) is 0 Å². The molecule has 2 aliphatic heterocycles. The third kappa shape index (κ3) is 2.07. The summed E-state index contributed by atoms with van der Waals surface area (Å²) in [5.74, 6) is 0.773. The van der Waals surface area contributed by atoms with Gasteiger partial charge in [0.2, 0.25) is 5.72 Å². The van der Waals surface area contributed by atoms with Crippen molar-refractivity contribution in [2.24, 2.45) is 0 Å². The van der Waals surface area contributed by atoms with Gasteiger partial charge >= 0.3 is 0 Å². The van der Waals surface area contributed by atoms with E-state index in [1.165, 1.54) is 12.1 Å². The van der Waals surface area contributed by atoms with E-state index in [0.29, 0.717) is 0 Å². The SMILES string of the molecule is CN1c2ccc(S(=O)(=O)[O-])cc2C(C)(C)C12C=Cc1ccccc1O2. The Hall–Kier alpha value is -2.31. The molecule has 0 saturated carbocycles. The van der Waals surface area contributed by atoms with Gasteiger partial charge < -0.3 is 14.2 Å². The quantitative estimate of drug-likeness (QED) is 0.734. The molecule has 2 aromatic rings. The molecule has 0 bridgehead atoms. The van der Waals surface area contributed by atoms with E-state index in [1.54, 1.807) is 6.07 Å². The number of likely N-dealkylation sites (N-methyl/N-ethyl adjacent to an activating group) is 1. The Balaban J connectivity index is 1.91. The lowest BCUT2D eigenvalue weighted by molar-refractivity contribution is 0.0581. The van der Waals surface area contributed by atoms with Crippen molar-refractivity contribution in [3.63, 3.8) is 0 Å². The van der Waals surface area contributed by atoms with Crippen LogP contribution < -0.4 is 9.64 Å². The summed E-state index contributed by atoms with van der Waals surface area (Å²) in [4.78, 5) is 1.78. The predicted octanol–water partition coefficient (Wildman–Crippen LogP) is 3.12. The van der Waals surface area contributed by atoms with Gasteiger partial charge in [-0.2, -0.15) is 0 Å². The Bertz CT molecular complexity index is 1010. The van der Waals surface area contributed by atoms with Crippen molar-refractivity contribution < 1.29 is 17.7 Å². The van der Waals surface area contributed by atoms with Crippen LogP contribution in [0.5, 0.6) is 5.75 Å². The highest BCUT2D eigenvalue weighted by Crippen LogP contribution is 2.54. The summed E-state index contributed by atoms with van der Waals surface area (Å²) >= 11 is 0. The van der Waals surface area contributed by atoms with Gasteiger partial charge in [-0.3, -0.25) is 0 Å². The maximum Gasteiger partial charge on any atom is 0.211 e. The van der Waals surface area contributed by atoms with Gasteiger partial charge in [-0.25, -0.2) is 8.42 Å². The lowest BCUT2D eigenvalue weighted by Gasteiger charge is -2.45. The van der Waals surface area contributed by atoms with Gasteiger partial charge in [0.15, 0.2) is 0 Å². The number of para-hydroxylation sites is 1. The molecule has 1 spiro atoms. The maximum absolute atomic E-state index is 11.4. The molecule has 5 nitrogen and oxygen atoms in total. The van der Waals surface area contributed by atoms with Crippen LogP contribution in [-0.2, 0) is 15.5 Å². The summed E-state index contributed by atoms with van der Waals surface area (Å²) in [5.41, 5.74) is 1.25. The molecule has 2 heterocycles. The van der Waals surface area contributed by atoms with E-state index < -0.39 is 21.3 Å². The van der Waals surface area contributed by atoms with Crippen LogP contribution in [-0.4, -0.2) is 25.7 Å². The molecule has 4 rings (SSSR count). The Labute approximate surface area is 147 Å². The first-order chi connectivity index (χ1) is 11.7. The van der Waals surface area contributed by atoms with Crippen LogP contribution in [0, 0.1) is 0 Å². The zero-order valence-electron chi connectivity index (χ0n) is 14.2. The van der Waals surface area contributed by atoms with Gasteiger partial charge in [-0.05, 0) is 55.8 Å². The van der Waals surface area contributed by atoms with Crippen molar-refractivity contribution in [2.45, 2.75) is 29.9 Å². The second kappa shape index (κ2) is 4.86. The molecule has 130 valence electrons. The molecule has 0 aromatic heterocycles. The summed E-state index contributed by atoms with van der Waals surface area (Å²) in [6.45, 7) is 3.99. The van der Waals surface area contributed by atoms with Gasteiger partial charge in [-0.1, -0.05) is 18.2 Å². The zero-order valence-corrected chi connectivity index (χ0v) is 15.0. The Morgan fingerprint density at radius 1 is 1.12 bits per heavy atom. The summed E-state index contributed by atoms with van der Waals surface area (Å²) in [5, 5.41) is 0. The maximum atomic E-state index is 11.4. The van der Waals surface area contributed by atoms with E-state index >= 15 is 0 Å². The van der Waals surface area contributed by atoms with Gasteiger partial charge in [0.25, 0.3) is 0 Å². The summed E-state index contributed by atoms with van der Waals surface area (Å²) in [6.07, 6.45) is 4.02. The molecule has 1 unspecified atom stereocenters. The van der Waals surface area contributed by atoms with Crippen molar-refractivity contribution in [1.82, 2.24) is 0 Å². The molecule has 0 amide bonds. The minimum absolute atomic E-state index is 0.218. The summed E-state index contributed by atoms with van der Waals surface area (Å²) in [7, 11) is -2.60. The van der Waals surface area contributed by atoms with Crippen molar-refractivity contribution in [1.29, 1.82) is 0 Å². The minimum Gasteiger partial charge on any atom is -0.744 e. The van der Waals surface area contributed by atoms with Gasteiger partial charge in [0.05, 0.1) is 10.3 Å². The highest BCUT2D eigenvalue weighted by atomic mass is 32.2. The van der Waals surface area contributed by atoms with E-state index in [1.807, 2.05) is 62.2 Å². The number of hydrogen-bond acceptors (Lipinski definition) is 5. The second-order valence-electron chi connectivity index (χ2n) is 6.99. The lowest BCUT2D eigenvalue weighted by atomic mass is 9.76. The van der Waals surface area contributed by atoms with Crippen LogP contribution in [0.15, 0.2) is 53.4 Å². The Kier molecular flexibility index (Phi) is 3.15. The Morgan fingerprint density at radius 2 is 1.84 bits per heavy atom. The normalized spacial score (nSPS) is 23.3. The summed E-state index contributed by atoms with van der Waals surface area (Å²) in [6, 6.07) is 12.3. The summed E-state index contributed by atoms with van der Waals surface area (Å²) < 4.78 is 40.8. The average molecular weight is 356 g/mol. The number of fused-ring (bicyclic) bond motifs is 2. The number of hydrogen-bond donors (Lipinski definition) is 0. The smallest absolute Gasteiger partial charge is 0.211 e. The molecule has 0 fully saturated rings. The van der Waals surface area contributed by atoms with Crippen LogP contribution in [0.25, 0.3) is 6.08 Å². The predicted molar refractivity (Wildman–Crippen MR) is 94.7 cm³/mol. The second-order valence-corrected chi connectivity index (χ2v) is 8.37. The molecule has 1 atom stereocenters. The van der Waals surface area contributed by atoms with E-state index in [4.69, 9.17) is 4.74 Å².